The number of benzene rings is 1. The number of hydrogen-bond acceptors (Lipinski definition) is 4. The number of rotatable bonds is 5. The van der Waals surface area contributed by atoms with E-state index in [0.29, 0.717) is 24.1 Å². The number of aliphatic hydroxyl groups excluding tert-OH is 1. The molecule has 5 heteroatoms. The van der Waals surface area contributed by atoms with Crippen LogP contribution in [0, 0.1) is 5.92 Å². The van der Waals surface area contributed by atoms with Crippen molar-refractivity contribution in [2.45, 2.75) is 26.4 Å². The minimum atomic E-state index is -0.931. The van der Waals surface area contributed by atoms with Crippen molar-refractivity contribution in [3.63, 3.8) is 0 Å². The summed E-state index contributed by atoms with van der Waals surface area (Å²) in [6, 6.07) is 7.42. The van der Waals surface area contributed by atoms with Gasteiger partial charge in [0, 0.05) is 21.6 Å². The second-order valence-electron chi connectivity index (χ2n) is 4.75. The molecular weight excluding hydrogens is 334 g/mol. The van der Waals surface area contributed by atoms with Crippen molar-refractivity contribution in [1.29, 1.82) is 0 Å². The van der Waals surface area contributed by atoms with Gasteiger partial charge in [0.25, 0.3) is 0 Å². The lowest BCUT2D eigenvalue weighted by Crippen LogP contribution is -2.24. The highest BCUT2D eigenvalue weighted by molar-refractivity contribution is 9.10. The molecular formula is C16H18BrNO3. The number of carbonyl (C=O) groups is 1. The van der Waals surface area contributed by atoms with Gasteiger partial charge in [0.15, 0.2) is 0 Å². The van der Waals surface area contributed by atoms with Crippen molar-refractivity contribution in [3.05, 3.63) is 40.5 Å². The fraction of sp³-hybridized carbons (Fsp3) is 0.375. The van der Waals surface area contributed by atoms with Crippen LogP contribution in [-0.2, 0) is 9.53 Å². The predicted octanol–water partition coefficient (Wildman–Crippen LogP) is 3.62. The molecule has 1 heterocycles. The highest BCUT2D eigenvalue weighted by atomic mass is 79.9. The molecule has 0 saturated carbocycles. The average molecular weight is 352 g/mol. The lowest BCUT2D eigenvalue weighted by molar-refractivity contribution is -0.152. The summed E-state index contributed by atoms with van der Waals surface area (Å²) in [5.41, 5.74) is 1.34. The van der Waals surface area contributed by atoms with Crippen LogP contribution in [-0.4, -0.2) is 22.7 Å². The lowest BCUT2D eigenvalue weighted by Gasteiger charge is -2.21. The molecule has 21 heavy (non-hydrogen) atoms. The maximum Gasteiger partial charge on any atom is 0.311 e. The number of carbonyl (C=O) groups excluding carboxylic acids is 1. The summed E-state index contributed by atoms with van der Waals surface area (Å²) in [5.74, 6) is -0.962. The zero-order valence-electron chi connectivity index (χ0n) is 12.0. The smallest absolute Gasteiger partial charge is 0.311 e. The summed E-state index contributed by atoms with van der Waals surface area (Å²) >= 11 is 3.47. The van der Waals surface area contributed by atoms with Crippen LogP contribution in [0.4, 0.5) is 0 Å². The quantitative estimate of drug-likeness (QED) is 0.835. The molecule has 112 valence electrons. The monoisotopic (exact) mass is 351 g/mol. The first-order valence-electron chi connectivity index (χ1n) is 6.98. The van der Waals surface area contributed by atoms with Crippen LogP contribution in [0.3, 0.4) is 0 Å². The molecule has 0 radical (unpaired) electrons. The number of pyridine rings is 1. The van der Waals surface area contributed by atoms with Crippen molar-refractivity contribution in [2.75, 3.05) is 6.61 Å². The van der Waals surface area contributed by atoms with Crippen molar-refractivity contribution in [2.24, 2.45) is 5.92 Å². The number of nitrogens with zero attached hydrogens (tertiary/aromatic N) is 1. The Kier molecular flexibility index (Phi) is 5.31. The molecule has 0 aliphatic carbocycles. The zero-order valence-corrected chi connectivity index (χ0v) is 13.6. The number of esters is 1. The van der Waals surface area contributed by atoms with Gasteiger partial charge in [-0.05, 0) is 25.5 Å². The normalized spacial score (nSPS) is 13.9. The van der Waals surface area contributed by atoms with Crippen LogP contribution < -0.4 is 0 Å². The number of hydrogen-bond donors (Lipinski definition) is 1. The SMILES string of the molecule is CCOC(=O)C(CC)C(O)c1ccc(Br)c2cccnc12. The van der Waals surface area contributed by atoms with Gasteiger partial charge in [0.05, 0.1) is 24.1 Å². The molecule has 1 aromatic heterocycles. The summed E-state index contributed by atoms with van der Waals surface area (Å²) < 4.78 is 5.95. The summed E-state index contributed by atoms with van der Waals surface area (Å²) in [4.78, 5) is 16.3. The van der Waals surface area contributed by atoms with E-state index in [-0.39, 0.29) is 5.97 Å². The molecule has 0 fully saturated rings. The molecule has 2 rings (SSSR count). The fourth-order valence-electron chi connectivity index (χ4n) is 2.38. The number of aliphatic hydroxyl groups is 1. The first-order chi connectivity index (χ1) is 10.1. The molecule has 2 atom stereocenters. The highest BCUT2D eigenvalue weighted by Crippen LogP contribution is 2.33. The molecule has 2 aromatic rings. The molecule has 0 spiro atoms. The van der Waals surface area contributed by atoms with E-state index in [2.05, 4.69) is 20.9 Å². The molecule has 0 aliphatic rings. The Labute approximate surface area is 132 Å². The Morgan fingerprint density at radius 3 is 2.81 bits per heavy atom. The third kappa shape index (κ3) is 3.24. The topological polar surface area (TPSA) is 59.4 Å². The summed E-state index contributed by atoms with van der Waals surface area (Å²) in [7, 11) is 0. The second kappa shape index (κ2) is 7.00. The minimum Gasteiger partial charge on any atom is -0.466 e. The minimum absolute atomic E-state index is 0.307. The van der Waals surface area contributed by atoms with Crippen LogP contribution >= 0.6 is 15.9 Å². The Hall–Kier alpha value is -1.46. The Balaban J connectivity index is 2.45. The van der Waals surface area contributed by atoms with Gasteiger partial charge in [0.1, 0.15) is 0 Å². The second-order valence-corrected chi connectivity index (χ2v) is 5.60. The van der Waals surface area contributed by atoms with E-state index in [0.717, 1.165) is 9.86 Å². The van der Waals surface area contributed by atoms with E-state index in [1.165, 1.54) is 0 Å². The summed E-state index contributed by atoms with van der Waals surface area (Å²) in [6.07, 6.45) is 1.25. The predicted molar refractivity (Wildman–Crippen MR) is 84.8 cm³/mol. The van der Waals surface area contributed by atoms with Gasteiger partial charge in [-0.15, -0.1) is 0 Å². The molecule has 0 aliphatic heterocycles. The van der Waals surface area contributed by atoms with Gasteiger partial charge in [-0.3, -0.25) is 9.78 Å². The van der Waals surface area contributed by atoms with Gasteiger partial charge in [-0.25, -0.2) is 0 Å². The maximum absolute atomic E-state index is 12.0. The maximum atomic E-state index is 12.0. The molecule has 0 bridgehead atoms. The molecule has 1 N–H and O–H groups in total. The molecule has 1 aromatic carbocycles. The fourth-order valence-corrected chi connectivity index (χ4v) is 2.84. The van der Waals surface area contributed by atoms with Crippen LogP contribution in [0.1, 0.15) is 31.9 Å². The van der Waals surface area contributed by atoms with Crippen LogP contribution in [0.5, 0.6) is 0 Å². The first kappa shape index (κ1) is 15.9. The van der Waals surface area contributed by atoms with Crippen LogP contribution in [0.2, 0.25) is 0 Å². The third-order valence-corrected chi connectivity index (χ3v) is 4.17. The van der Waals surface area contributed by atoms with E-state index in [1.54, 1.807) is 19.2 Å². The summed E-state index contributed by atoms with van der Waals surface area (Å²) in [5, 5.41) is 11.5. The van der Waals surface area contributed by atoms with Gasteiger partial charge in [0.2, 0.25) is 0 Å². The molecule has 2 unspecified atom stereocenters. The van der Waals surface area contributed by atoms with Crippen molar-refractivity contribution in [1.82, 2.24) is 4.98 Å². The number of aromatic nitrogens is 1. The van der Waals surface area contributed by atoms with E-state index < -0.39 is 12.0 Å². The van der Waals surface area contributed by atoms with Gasteiger partial charge in [-0.2, -0.15) is 0 Å². The molecule has 4 nitrogen and oxygen atoms in total. The summed E-state index contributed by atoms with van der Waals surface area (Å²) in [6.45, 7) is 3.92. The highest BCUT2D eigenvalue weighted by Gasteiger charge is 2.29. The van der Waals surface area contributed by atoms with Crippen molar-refractivity contribution in [3.8, 4) is 0 Å². The number of ether oxygens (including phenoxy) is 1. The van der Waals surface area contributed by atoms with E-state index in [1.807, 2.05) is 25.1 Å². The first-order valence-corrected chi connectivity index (χ1v) is 7.77. The number of halogens is 1. The third-order valence-electron chi connectivity index (χ3n) is 3.48. The average Bonchev–Trinajstić information content (AvgIpc) is 2.49. The molecule has 0 amide bonds. The van der Waals surface area contributed by atoms with Crippen molar-refractivity contribution < 1.29 is 14.6 Å². The van der Waals surface area contributed by atoms with Gasteiger partial charge in [-0.1, -0.05) is 35.0 Å². The lowest BCUT2D eigenvalue weighted by atomic mass is 9.92. The van der Waals surface area contributed by atoms with Gasteiger partial charge < -0.3 is 9.84 Å². The van der Waals surface area contributed by atoms with Gasteiger partial charge >= 0.3 is 5.97 Å². The Morgan fingerprint density at radius 1 is 1.38 bits per heavy atom. The van der Waals surface area contributed by atoms with E-state index in [4.69, 9.17) is 4.74 Å². The largest absolute Gasteiger partial charge is 0.466 e. The Bertz CT molecular complexity index is 644. The standard InChI is InChI=1S/C16H18BrNO3/c1-3-10(16(20)21-4-2)15(19)12-7-8-13(17)11-6-5-9-18-14(11)12/h5-10,15,19H,3-4H2,1-2H3. The van der Waals surface area contributed by atoms with Crippen LogP contribution in [0.25, 0.3) is 10.9 Å². The Morgan fingerprint density at radius 2 is 2.14 bits per heavy atom. The zero-order chi connectivity index (χ0) is 15.4. The van der Waals surface area contributed by atoms with Crippen molar-refractivity contribution >= 4 is 32.8 Å². The van der Waals surface area contributed by atoms with E-state index >= 15 is 0 Å². The molecule has 0 saturated heterocycles. The van der Waals surface area contributed by atoms with E-state index in [9.17, 15) is 9.90 Å². The number of fused-ring (bicyclic) bond motifs is 1. The van der Waals surface area contributed by atoms with Crippen LogP contribution in [0.15, 0.2) is 34.9 Å².